The van der Waals surface area contributed by atoms with Crippen molar-refractivity contribution >= 4 is 35.3 Å². The molecule has 3 atom stereocenters. The normalized spacial score (nSPS) is 28.9. The molecule has 3 rings (SSSR count). The van der Waals surface area contributed by atoms with E-state index in [0.717, 1.165) is 22.9 Å². The monoisotopic (exact) mass is 345 g/mol. The second-order valence-electron chi connectivity index (χ2n) is 4.81. The van der Waals surface area contributed by atoms with E-state index in [0.29, 0.717) is 16.5 Å². The molecule has 2 heterocycles. The Kier molecular flexibility index (Phi) is 5.47. The Hall–Kier alpha value is -0.250. The number of thioether (sulfide) groups is 3. The first-order valence-electron chi connectivity index (χ1n) is 6.72. The van der Waals surface area contributed by atoms with Gasteiger partial charge in [0.15, 0.2) is 11.5 Å². The second kappa shape index (κ2) is 7.34. The Morgan fingerprint density at radius 3 is 3.10 bits per heavy atom. The summed E-state index contributed by atoms with van der Waals surface area (Å²) in [6.45, 7) is 0. The van der Waals surface area contributed by atoms with Crippen molar-refractivity contribution < 1.29 is 9.84 Å². The third kappa shape index (κ3) is 3.94. The predicted molar refractivity (Wildman–Crippen MR) is 91.8 cm³/mol. The fraction of sp³-hybridized carbons (Fsp3) is 0.538. The SMILES string of the molecule is COc1cc(C2NC(CSC3NNCS3)CS2)ccc1O. The number of methoxy groups -OCH3 is 1. The molecule has 0 aliphatic carbocycles. The second-order valence-corrected chi connectivity index (χ2v) is 8.47. The maximum absolute atomic E-state index is 9.66. The number of rotatable bonds is 5. The van der Waals surface area contributed by atoms with E-state index in [9.17, 15) is 5.11 Å². The van der Waals surface area contributed by atoms with E-state index >= 15 is 0 Å². The zero-order valence-electron chi connectivity index (χ0n) is 11.7. The minimum atomic E-state index is 0.188. The van der Waals surface area contributed by atoms with Crippen molar-refractivity contribution in [3.63, 3.8) is 0 Å². The zero-order valence-corrected chi connectivity index (χ0v) is 14.1. The number of hydrogen-bond acceptors (Lipinski definition) is 8. The molecular formula is C13H19N3O2S3. The summed E-state index contributed by atoms with van der Waals surface area (Å²) < 4.78 is 5.63. The topological polar surface area (TPSA) is 65.5 Å². The summed E-state index contributed by atoms with van der Waals surface area (Å²) in [6, 6.07) is 6.07. The molecule has 0 spiro atoms. The van der Waals surface area contributed by atoms with E-state index in [1.54, 1.807) is 13.2 Å². The number of ether oxygens (including phenoxy) is 1. The summed E-state index contributed by atoms with van der Waals surface area (Å²) >= 11 is 5.74. The van der Waals surface area contributed by atoms with Gasteiger partial charge in [0.2, 0.25) is 0 Å². The molecule has 2 saturated heterocycles. The third-order valence-corrected chi connectivity index (χ3v) is 7.23. The van der Waals surface area contributed by atoms with Crippen LogP contribution in [0.1, 0.15) is 10.9 Å². The van der Waals surface area contributed by atoms with Crippen molar-refractivity contribution in [1.29, 1.82) is 0 Å². The summed E-state index contributed by atoms with van der Waals surface area (Å²) in [4.78, 5) is 0. The van der Waals surface area contributed by atoms with E-state index in [1.165, 1.54) is 0 Å². The van der Waals surface area contributed by atoms with E-state index in [2.05, 4.69) is 16.2 Å². The molecule has 0 saturated carbocycles. The molecule has 1 aromatic carbocycles. The van der Waals surface area contributed by atoms with Crippen LogP contribution in [0.3, 0.4) is 0 Å². The van der Waals surface area contributed by atoms with Gasteiger partial charge in [0, 0.05) is 17.5 Å². The van der Waals surface area contributed by atoms with Gasteiger partial charge in [0.25, 0.3) is 0 Å². The number of hydrogen-bond donors (Lipinski definition) is 4. The fourth-order valence-corrected chi connectivity index (χ4v) is 5.76. The molecule has 4 N–H and O–H groups in total. The lowest BCUT2D eigenvalue weighted by atomic mass is 10.2. The van der Waals surface area contributed by atoms with Crippen LogP contribution < -0.4 is 20.9 Å². The summed E-state index contributed by atoms with van der Waals surface area (Å²) in [7, 11) is 1.58. The number of benzene rings is 1. The van der Waals surface area contributed by atoms with Crippen LogP contribution in [0.25, 0.3) is 0 Å². The van der Waals surface area contributed by atoms with Crippen molar-refractivity contribution in [3.8, 4) is 11.5 Å². The zero-order chi connectivity index (χ0) is 14.7. The number of phenols is 1. The summed E-state index contributed by atoms with van der Waals surface area (Å²) in [5.41, 5.74) is 7.52. The molecular weight excluding hydrogens is 326 g/mol. The lowest BCUT2D eigenvalue weighted by Crippen LogP contribution is -2.32. The molecule has 2 aliphatic rings. The number of hydrazine groups is 1. The maximum atomic E-state index is 9.66. The highest BCUT2D eigenvalue weighted by atomic mass is 32.2. The molecule has 0 bridgehead atoms. The minimum Gasteiger partial charge on any atom is -0.504 e. The molecule has 8 heteroatoms. The van der Waals surface area contributed by atoms with Gasteiger partial charge in [-0.15, -0.1) is 35.3 Å². The van der Waals surface area contributed by atoms with Gasteiger partial charge in [0.1, 0.15) is 4.71 Å². The molecule has 0 amide bonds. The summed E-state index contributed by atoms with van der Waals surface area (Å²) in [5.74, 6) is 3.88. The molecule has 1 aromatic rings. The van der Waals surface area contributed by atoms with Crippen LogP contribution in [0.2, 0.25) is 0 Å². The first-order chi connectivity index (χ1) is 10.3. The van der Waals surface area contributed by atoms with Gasteiger partial charge in [-0.25, -0.2) is 10.9 Å². The first kappa shape index (κ1) is 15.6. The largest absolute Gasteiger partial charge is 0.504 e. The molecule has 0 radical (unpaired) electrons. The van der Waals surface area contributed by atoms with Crippen molar-refractivity contribution in [1.82, 2.24) is 16.2 Å². The predicted octanol–water partition coefficient (Wildman–Crippen LogP) is 1.92. The highest BCUT2D eigenvalue weighted by Crippen LogP contribution is 2.38. The summed E-state index contributed by atoms with van der Waals surface area (Å²) in [5, 5.41) is 13.6. The quantitative estimate of drug-likeness (QED) is 0.646. The van der Waals surface area contributed by atoms with Gasteiger partial charge in [-0.3, -0.25) is 5.32 Å². The molecule has 116 valence electrons. The maximum Gasteiger partial charge on any atom is 0.160 e. The Morgan fingerprint density at radius 1 is 1.43 bits per heavy atom. The highest BCUT2D eigenvalue weighted by molar-refractivity contribution is 8.17. The first-order valence-corrected chi connectivity index (χ1v) is 9.87. The van der Waals surface area contributed by atoms with Gasteiger partial charge in [-0.05, 0) is 17.7 Å². The third-order valence-electron chi connectivity index (χ3n) is 3.33. The van der Waals surface area contributed by atoms with Gasteiger partial charge in [-0.2, -0.15) is 0 Å². The average molecular weight is 346 g/mol. The molecule has 21 heavy (non-hydrogen) atoms. The average Bonchev–Trinajstić information content (AvgIpc) is 3.17. The number of aromatic hydroxyl groups is 1. The Morgan fingerprint density at radius 2 is 2.33 bits per heavy atom. The van der Waals surface area contributed by atoms with Crippen molar-refractivity contribution in [3.05, 3.63) is 23.8 Å². The van der Waals surface area contributed by atoms with Crippen molar-refractivity contribution in [2.24, 2.45) is 0 Å². The van der Waals surface area contributed by atoms with E-state index in [4.69, 9.17) is 4.74 Å². The standard InChI is InChI=1S/C13H19N3O2S3/c1-18-11-4-8(2-3-10(11)17)12-15-9(5-19-12)6-20-13-16-14-7-21-13/h2-4,9,12-17H,5-7H2,1H3. The van der Waals surface area contributed by atoms with Crippen LogP contribution in [-0.2, 0) is 0 Å². The summed E-state index contributed by atoms with van der Waals surface area (Å²) in [6.07, 6.45) is 0. The molecule has 3 unspecified atom stereocenters. The fourth-order valence-electron chi connectivity index (χ4n) is 2.25. The number of phenolic OH excluding ortho intramolecular Hbond substituents is 1. The Balaban J connectivity index is 1.53. The van der Waals surface area contributed by atoms with Gasteiger partial charge < -0.3 is 9.84 Å². The van der Waals surface area contributed by atoms with Gasteiger partial charge >= 0.3 is 0 Å². The van der Waals surface area contributed by atoms with E-state index < -0.39 is 0 Å². The molecule has 5 nitrogen and oxygen atoms in total. The Bertz CT molecular complexity index is 486. The van der Waals surface area contributed by atoms with Crippen LogP contribution in [-0.4, -0.2) is 40.3 Å². The molecule has 2 aliphatic heterocycles. The Labute approximate surface area is 137 Å². The van der Waals surface area contributed by atoms with E-state index in [-0.39, 0.29) is 11.1 Å². The van der Waals surface area contributed by atoms with Gasteiger partial charge in [0.05, 0.1) is 18.4 Å². The van der Waals surface area contributed by atoms with Crippen LogP contribution in [0.15, 0.2) is 18.2 Å². The number of nitrogens with one attached hydrogen (secondary N) is 3. The molecule has 2 fully saturated rings. The molecule has 0 aromatic heterocycles. The lowest BCUT2D eigenvalue weighted by Gasteiger charge is -2.16. The minimum absolute atomic E-state index is 0.188. The van der Waals surface area contributed by atoms with Gasteiger partial charge in [-0.1, -0.05) is 6.07 Å². The highest BCUT2D eigenvalue weighted by Gasteiger charge is 2.27. The van der Waals surface area contributed by atoms with E-state index in [1.807, 2.05) is 47.4 Å². The smallest absolute Gasteiger partial charge is 0.160 e. The van der Waals surface area contributed by atoms with Crippen molar-refractivity contribution in [2.45, 2.75) is 16.1 Å². The van der Waals surface area contributed by atoms with Crippen LogP contribution >= 0.6 is 35.3 Å². The lowest BCUT2D eigenvalue weighted by molar-refractivity contribution is 0.372. The van der Waals surface area contributed by atoms with Crippen LogP contribution in [0.4, 0.5) is 0 Å². The van der Waals surface area contributed by atoms with Crippen molar-refractivity contribution in [2.75, 3.05) is 24.5 Å². The van der Waals surface area contributed by atoms with Crippen LogP contribution in [0, 0.1) is 0 Å². The van der Waals surface area contributed by atoms with Crippen LogP contribution in [0.5, 0.6) is 11.5 Å².